The molecule has 6 heteroatoms. The lowest BCUT2D eigenvalue weighted by Gasteiger charge is -2.31. The molecule has 4 nitrogen and oxygen atoms in total. The van der Waals surface area contributed by atoms with Crippen molar-refractivity contribution in [3.8, 4) is 6.07 Å². The Morgan fingerprint density at radius 3 is 2.82 bits per heavy atom. The molecule has 0 spiro atoms. The van der Waals surface area contributed by atoms with Crippen LogP contribution in [0.5, 0.6) is 0 Å². The van der Waals surface area contributed by atoms with E-state index in [1.807, 2.05) is 7.05 Å². The summed E-state index contributed by atoms with van der Waals surface area (Å²) in [5.74, 6) is 0.752. The summed E-state index contributed by atoms with van der Waals surface area (Å²) in [5.41, 5.74) is 0. The van der Waals surface area contributed by atoms with E-state index in [4.69, 9.17) is 16.9 Å². The van der Waals surface area contributed by atoms with Crippen LogP contribution in [0.2, 0.25) is 5.15 Å². The molecule has 92 valence electrons. The first-order chi connectivity index (χ1) is 8.24. The Balaban J connectivity index is 1.98. The maximum absolute atomic E-state index is 8.85. The molecule has 1 fully saturated rings. The fourth-order valence-corrected chi connectivity index (χ4v) is 3.21. The second-order valence-corrected chi connectivity index (χ2v) is 5.55. The Bertz CT molecular complexity index is 418. The van der Waals surface area contributed by atoms with Gasteiger partial charge in [-0.25, -0.2) is 4.98 Å². The maximum atomic E-state index is 8.85. The van der Waals surface area contributed by atoms with Crippen molar-refractivity contribution in [2.45, 2.75) is 12.8 Å². The molecule has 1 aromatic heterocycles. The third-order valence-corrected chi connectivity index (χ3v) is 4.46. The van der Waals surface area contributed by atoms with E-state index in [1.54, 1.807) is 0 Å². The smallest absolute Gasteiger partial charge is 0.188 e. The molecule has 0 bridgehead atoms. The molecule has 1 aliphatic heterocycles. The molecule has 1 aromatic rings. The van der Waals surface area contributed by atoms with Crippen molar-refractivity contribution < 1.29 is 0 Å². The van der Waals surface area contributed by atoms with Crippen LogP contribution in [0, 0.1) is 17.2 Å². The van der Waals surface area contributed by atoms with Gasteiger partial charge in [0.2, 0.25) is 0 Å². The van der Waals surface area contributed by atoms with Gasteiger partial charge in [-0.3, -0.25) is 0 Å². The van der Waals surface area contributed by atoms with Crippen molar-refractivity contribution in [3.63, 3.8) is 0 Å². The second-order valence-electron chi connectivity index (χ2n) is 4.22. The zero-order chi connectivity index (χ0) is 12.3. The average Bonchev–Trinajstić information content (AvgIpc) is 2.72. The standard InChI is InChI=1S/C11H15ClN4S/c1-14-7-8-2-4-16(5-3-8)11-15-10(12)9(6-13)17-11/h8,14H,2-5,7H2,1H3. The van der Waals surface area contributed by atoms with Crippen LogP contribution in [0.25, 0.3) is 0 Å². The van der Waals surface area contributed by atoms with Gasteiger partial charge in [-0.15, -0.1) is 0 Å². The Labute approximate surface area is 110 Å². The first-order valence-electron chi connectivity index (χ1n) is 5.70. The summed E-state index contributed by atoms with van der Waals surface area (Å²) in [6.07, 6.45) is 2.33. The van der Waals surface area contributed by atoms with E-state index in [-0.39, 0.29) is 0 Å². The number of halogens is 1. The van der Waals surface area contributed by atoms with Crippen LogP contribution in [-0.2, 0) is 0 Å². The quantitative estimate of drug-likeness (QED) is 0.914. The van der Waals surface area contributed by atoms with Gasteiger partial charge in [-0.1, -0.05) is 22.9 Å². The Hall–Kier alpha value is -0.830. The molecule has 0 atom stereocenters. The highest BCUT2D eigenvalue weighted by atomic mass is 35.5. The van der Waals surface area contributed by atoms with Gasteiger partial charge in [-0.05, 0) is 32.4 Å². The number of anilines is 1. The van der Waals surface area contributed by atoms with Crippen molar-refractivity contribution in [2.24, 2.45) is 5.92 Å². The second kappa shape index (κ2) is 5.67. The summed E-state index contributed by atoms with van der Waals surface area (Å²) < 4.78 is 0. The number of nitrogens with one attached hydrogen (secondary N) is 1. The molecule has 0 aliphatic carbocycles. The topological polar surface area (TPSA) is 52.0 Å². The van der Waals surface area contributed by atoms with Gasteiger partial charge in [0.15, 0.2) is 10.3 Å². The largest absolute Gasteiger partial charge is 0.348 e. The van der Waals surface area contributed by atoms with Crippen molar-refractivity contribution in [1.29, 1.82) is 5.26 Å². The van der Waals surface area contributed by atoms with E-state index in [1.165, 1.54) is 24.2 Å². The highest BCUT2D eigenvalue weighted by Gasteiger charge is 2.22. The lowest BCUT2D eigenvalue weighted by molar-refractivity contribution is 0.393. The average molecular weight is 271 g/mol. The number of hydrogen-bond donors (Lipinski definition) is 1. The van der Waals surface area contributed by atoms with Crippen molar-refractivity contribution >= 4 is 28.1 Å². The Kier molecular flexibility index (Phi) is 4.21. The molecule has 0 radical (unpaired) electrons. The van der Waals surface area contributed by atoms with Crippen LogP contribution in [-0.4, -0.2) is 31.7 Å². The van der Waals surface area contributed by atoms with Gasteiger partial charge in [0.1, 0.15) is 10.9 Å². The summed E-state index contributed by atoms with van der Waals surface area (Å²) in [4.78, 5) is 6.99. The first-order valence-corrected chi connectivity index (χ1v) is 6.90. The zero-order valence-corrected chi connectivity index (χ0v) is 11.3. The minimum atomic E-state index is 0.338. The molecular formula is C11H15ClN4S. The number of nitrogens with zero attached hydrogens (tertiary/aromatic N) is 3. The maximum Gasteiger partial charge on any atom is 0.188 e. The molecule has 0 aromatic carbocycles. The highest BCUT2D eigenvalue weighted by Crippen LogP contribution is 2.31. The van der Waals surface area contributed by atoms with Gasteiger partial charge in [0.05, 0.1) is 0 Å². The number of nitriles is 1. The number of aromatic nitrogens is 1. The van der Waals surface area contributed by atoms with Gasteiger partial charge in [-0.2, -0.15) is 5.26 Å². The van der Waals surface area contributed by atoms with Crippen LogP contribution >= 0.6 is 22.9 Å². The molecule has 17 heavy (non-hydrogen) atoms. The summed E-state index contributed by atoms with van der Waals surface area (Å²) in [7, 11) is 1.99. The fraction of sp³-hybridized carbons (Fsp3) is 0.636. The van der Waals surface area contributed by atoms with E-state index in [0.29, 0.717) is 10.0 Å². The van der Waals surface area contributed by atoms with Crippen LogP contribution in [0.15, 0.2) is 0 Å². The molecule has 1 saturated heterocycles. The summed E-state index contributed by atoms with van der Waals surface area (Å²) in [6.45, 7) is 3.08. The SMILES string of the molecule is CNCC1CCN(c2nc(Cl)c(C#N)s2)CC1. The van der Waals surface area contributed by atoms with Crippen molar-refractivity contribution in [3.05, 3.63) is 10.0 Å². The lowest BCUT2D eigenvalue weighted by Crippen LogP contribution is -2.36. The summed E-state index contributed by atoms with van der Waals surface area (Å²) >= 11 is 7.27. The van der Waals surface area contributed by atoms with Crippen LogP contribution in [0.1, 0.15) is 17.7 Å². The van der Waals surface area contributed by atoms with E-state index >= 15 is 0 Å². The summed E-state index contributed by atoms with van der Waals surface area (Å²) in [6, 6.07) is 2.07. The third kappa shape index (κ3) is 2.89. The zero-order valence-electron chi connectivity index (χ0n) is 9.74. The van der Waals surface area contributed by atoms with E-state index in [0.717, 1.165) is 30.7 Å². The predicted molar refractivity (Wildman–Crippen MR) is 70.7 cm³/mol. The highest BCUT2D eigenvalue weighted by molar-refractivity contribution is 7.16. The predicted octanol–water partition coefficient (Wildman–Crippen LogP) is 2.10. The minimum absolute atomic E-state index is 0.338. The number of hydrogen-bond acceptors (Lipinski definition) is 5. The van der Waals surface area contributed by atoms with Gasteiger partial charge in [0, 0.05) is 13.1 Å². The number of rotatable bonds is 3. The number of thiazole rings is 1. The van der Waals surface area contributed by atoms with Crippen molar-refractivity contribution in [2.75, 3.05) is 31.6 Å². The van der Waals surface area contributed by atoms with Crippen LogP contribution in [0.3, 0.4) is 0 Å². The molecule has 2 rings (SSSR count). The number of piperidine rings is 1. The van der Waals surface area contributed by atoms with Gasteiger partial charge in [0.25, 0.3) is 0 Å². The van der Waals surface area contributed by atoms with E-state index in [9.17, 15) is 0 Å². The molecule has 2 heterocycles. The molecule has 1 aliphatic rings. The monoisotopic (exact) mass is 270 g/mol. The third-order valence-electron chi connectivity index (χ3n) is 3.05. The Morgan fingerprint density at radius 2 is 2.29 bits per heavy atom. The fourth-order valence-electron chi connectivity index (χ4n) is 2.11. The van der Waals surface area contributed by atoms with Gasteiger partial charge >= 0.3 is 0 Å². The van der Waals surface area contributed by atoms with Crippen LogP contribution in [0.4, 0.5) is 5.13 Å². The normalized spacial score (nSPS) is 17.1. The van der Waals surface area contributed by atoms with Gasteiger partial charge < -0.3 is 10.2 Å². The first kappa shape index (κ1) is 12.6. The Morgan fingerprint density at radius 1 is 1.59 bits per heavy atom. The van der Waals surface area contributed by atoms with Crippen molar-refractivity contribution in [1.82, 2.24) is 10.3 Å². The van der Waals surface area contributed by atoms with Crippen LogP contribution < -0.4 is 10.2 Å². The molecular weight excluding hydrogens is 256 g/mol. The molecule has 0 saturated carbocycles. The van der Waals surface area contributed by atoms with E-state index < -0.39 is 0 Å². The minimum Gasteiger partial charge on any atom is -0.348 e. The van der Waals surface area contributed by atoms with E-state index in [2.05, 4.69) is 21.3 Å². The molecule has 0 amide bonds. The summed E-state index contributed by atoms with van der Waals surface area (Å²) in [5, 5.41) is 13.3. The molecule has 0 unspecified atom stereocenters. The lowest BCUT2D eigenvalue weighted by atomic mass is 9.97. The molecule has 1 N–H and O–H groups in total.